The van der Waals surface area contributed by atoms with Gasteiger partial charge in [0.15, 0.2) is 0 Å². The van der Waals surface area contributed by atoms with Crippen molar-refractivity contribution in [3.63, 3.8) is 0 Å². The lowest BCUT2D eigenvalue weighted by Crippen LogP contribution is -2.29. The first kappa shape index (κ1) is 9.61. The lowest BCUT2D eigenvalue weighted by Gasteiger charge is -2.02. The van der Waals surface area contributed by atoms with Crippen LogP contribution in [0.2, 0.25) is 0 Å². The molecular formula is C9H10BrN3O. The first-order chi connectivity index (χ1) is 6.66. The fourth-order valence-corrected chi connectivity index (χ4v) is 1.53. The lowest BCUT2D eigenvalue weighted by atomic mass is 10.3. The highest BCUT2D eigenvalue weighted by atomic mass is 79.9. The second kappa shape index (κ2) is 3.67. The molecule has 0 bridgehead atoms. The summed E-state index contributed by atoms with van der Waals surface area (Å²) in [6.07, 6.45) is 4.04. The Labute approximate surface area is 90.0 Å². The molecule has 1 saturated carbocycles. The Morgan fingerprint density at radius 3 is 2.93 bits per heavy atom. The van der Waals surface area contributed by atoms with Crippen LogP contribution in [0, 0.1) is 0 Å². The van der Waals surface area contributed by atoms with Crippen LogP contribution in [-0.4, -0.2) is 23.0 Å². The normalized spacial score (nSPS) is 24.4. The van der Waals surface area contributed by atoms with Gasteiger partial charge in [-0.2, -0.15) is 0 Å². The van der Waals surface area contributed by atoms with Gasteiger partial charge < -0.3 is 11.1 Å². The third-order valence-electron chi connectivity index (χ3n) is 2.12. The van der Waals surface area contributed by atoms with Gasteiger partial charge in [-0.05, 0) is 28.4 Å². The summed E-state index contributed by atoms with van der Waals surface area (Å²) in [6, 6.07) is 2.00. The monoisotopic (exact) mass is 255 g/mol. The quantitative estimate of drug-likeness (QED) is 0.817. The Hall–Kier alpha value is -0.940. The van der Waals surface area contributed by atoms with Gasteiger partial charge in [-0.1, -0.05) is 0 Å². The summed E-state index contributed by atoms with van der Waals surface area (Å²) in [5.41, 5.74) is 6.14. The van der Waals surface area contributed by atoms with Crippen molar-refractivity contribution in [1.82, 2.24) is 10.3 Å². The zero-order chi connectivity index (χ0) is 10.1. The predicted molar refractivity (Wildman–Crippen MR) is 55.8 cm³/mol. The van der Waals surface area contributed by atoms with E-state index in [1.165, 1.54) is 6.20 Å². The number of nitrogens with two attached hydrogens (primary N) is 1. The van der Waals surface area contributed by atoms with E-state index in [0.717, 1.165) is 10.9 Å². The molecule has 1 aromatic rings. The molecule has 0 radical (unpaired) electrons. The van der Waals surface area contributed by atoms with Crippen molar-refractivity contribution < 1.29 is 4.79 Å². The van der Waals surface area contributed by atoms with E-state index < -0.39 is 0 Å². The number of hydrogen-bond donors (Lipinski definition) is 2. The van der Waals surface area contributed by atoms with E-state index in [-0.39, 0.29) is 18.0 Å². The molecule has 0 aromatic carbocycles. The van der Waals surface area contributed by atoms with Gasteiger partial charge in [0.25, 0.3) is 5.91 Å². The average Bonchev–Trinajstić information content (AvgIpc) is 2.81. The Morgan fingerprint density at radius 1 is 1.64 bits per heavy atom. The molecule has 0 aliphatic heterocycles. The summed E-state index contributed by atoms with van der Waals surface area (Å²) >= 11 is 3.26. The van der Waals surface area contributed by atoms with E-state index in [1.807, 2.05) is 0 Å². The third kappa shape index (κ3) is 2.10. The number of pyridine rings is 1. The number of carbonyl (C=O) groups is 1. The van der Waals surface area contributed by atoms with Gasteiger partial charge >= 0.3 is 0 Å². The molecule has 1 heterocycles. The topological polar surface area (TPSA) is 68.0 Å². The van der Waals surface area contributed by atoms with Crippen LogP contribution in [0.5, 0.6) is 0 Å². The molecule has 1 aliphatic rings. The van der Waals surface area contributed by atoms with Crippen molar-refractivity contribution in [3.05, 3.63) is 28.5 Å². The second-order valence-corrected chi connectivity index (χ2v) is 4.29. The first-order valence-electron chi connectivity index (χ1n) is 4.34. The Morgan fingerprint density at radius 2 is 2.36 bits per heavy atom. The molecule has 2 rings (SSSR count). The molecule has 1 aliphatic carbocycles. The first-order valence-corrected chi connectivity index (χ1v) is 5.13. The molecule has 2 atom stereocenters. The van der Waals surface area contributed by atoms with Crippen molar-refractivity contribution >= 4 is 21.8 Å². The molecule has 0 saturated heterocycles. The van der Waals surface area contributed by atoms with Crippen LogP contribution in [0.4, 0.5) is 0 Å². The zero-order valence-electron chi connectivity index (χ0n) is 7.40. The highest BCUT2D eigenvalue weighted by molar-refractivity contribution is 9.10. The van der Waals surface area contributed by atoms with E-state index in [4.69, 9.17) is 5.73 Å². The molecular weight excluding hydrogens is 246 g/mol. The molecule has 3 N–H and O–H groups in total. The van der Waals surface area contributed by atoms with Crippen molar-refractivity contribution in [2.75, 3.05) is 0 Å². The molecule has 14 heavy (non-hydrogen) atoms. The Kier molecular flexibility index (Phi) is 2.52. The lowest BCUT2D eigenvalue weighted by molar-refractivity contribution is 0.0950. The van der Waals surface area contributed by atoms with Gasteiger partial charge in [-0.3, -0.25) is 9.78 Å². The van der Waals surface area contributed by atoms with Gasteiger partial charge in [0.05, 0.1) is 5.56 Å². The Bertz CT molecular complexity index is 369. The van der Waals surface area contributed by atoms with E-state index in [0.29, 0.717) is 5.56 Å². The third-order valence-corrected chi connectivity index (χ3v) is 2.56. The van der Waals surface area contributed by atoms with Gasteiger partial charge in [0.1, 0.15) is 0 Å². The van der Waals surface area contributed by atoms with E-state index in [9.17, 15) is 4.79 Å². The summed E-state index contributed by atoms with van der Waals surface area (Å²) < 4.78 is 0.797. The van der Waals surface area contributed by atoms with Crippen LogP contribution >= 0.6 is 15.9 Å². The van der Waals surface area contributed by atoms with E-state index in [1.54, 1.807) is 12.3 Å². The minimum Gasteiger partial charge on any atom is -0.348 e. The molecule has 74 valence electrons. The fourth-order valence-electron chi connectivity index (χ4n) is 1.17. The highest BCUT2D eigenvalue weighted by Gasteiger charge is 2.34. The van der Waals surface area contributed by atoms with Crippen molar-refractivity contribution in [1.29, 1.82) is 0 Å². The van der Waals surface area contributed by atoms with Crippen LogP contribution < -0.4 is 11.1 Å². The molecule has 1 fully saturated rings. The fraction of sp³-hybridized carbons (Fsp3) is 0.333. The van der Waals surface area contributed by atoms with Crippen molar-refractivity contribution in [3.8, 4) is 0 Å². The van der Waals surface area contributed by atoms with Crippen LogP contribution in [0.3, 0.4) is 0 Å². The summed E-state index contributed by atoms with van der Waals surface area (Å²) in [6.45, 7) is 0. The molecule has 2 unspecified atom stereocenters. The van der Waals surface area contributed by atoms with Gasteiger partial charge in [0.2, 0.25) is 0 Å². The van der Waals surface area contributed by atoms with Crippen LogP contribution in [0.1, 0.15) is 16.8 Å². The number of carbonyl (C=O) groups excluding carboxylic acids is 1. The van der Waals surface area contributed by atoms with Crippen molar-refractivity contribution in [2.24, 2.45) is 5.73 Å². The van der Waals surface area contributed by atoms with Gasteiger partial charge in [-0.15, -0.1) is 0 Å². The molecule has 4 nitrogen and oxygen atoms in total. The van der Waals surface area contributed by atoms with E-state index >= 15 is 0 Å². The maximum Gasteiger partial charge on any atom is 0.253 e. The summed E-state index contributed by atoms with van der Waals surface area (Å²) in [5, 5.41) is 2.82. The number of amides is 1. The van der Waals surface area contributed by atoms with Crippen LogP contribution in [-0.2, 0) is 0 Å². The summed E-state index contributed by atoms with van der Waals surface area (Å²) in [4.78, 5) is 15.5. The minimum absolute atomic E-state index is 0.114. The Balaban J connectivity index is 2.03. The van der Waals surface area contributed by atoms with Crippen molar-refractivity contribution in [2.45, 2.75) is 18.5 Å². The number of nitrogens with one attached hydrogen (secondary N) is 1. The largest absolute Gasteiger partial charge is 0.348 e. The zero-order valence-corrected chi connectivity index (χ0v) is 8.99. The standard InChI is InChI=1S/C9H10BrN3O/c10-6-1-5(3-12-4-6)9(14)13-8-2-7(8)11/h1,3-4,7-8H,2,11H2,(H,13,14). The van der Waals surface area contributed by atoms with E-state index in [2.05, 4.69) is 26.2 Å². The molecule has 0 spiro atoms. The predicted octanol–water partition coefficient (Wildman–Crippen LogP) is 0.674. The van der Waals surface area contributed by atoms with Crippen LogP contribution in [0.25, 0.3) is 0 Å². The number of rotatable bonds is 2. The maximum atomic E-state index is 11.6. The van der Waals surface area contributed by atoms with Gasteiger partial charge in [-0.25, -0.2) is 0 Å². The molecule has 1 amide bonds. The van der Waals surface area contributed by atoms with Gasteiger partial charge in [0, 0.05) is 29.0 Å². The average molecular weight is 256 g/mol. The molecule has 5 heteroatoms. The second-order valence-electron chi connectivity index (χ2n) is 3.37. The minimum atomic E-state index is -0.114. The maximum absolute atomic E-state index is 11.6. The summed E-state index contributed by atoms with van der Waals surface area (Å²) in [7, 11) is 0. The molecule has 1 aromatic heterocycles. The smallest absolute Gasteiger partial charge is 0.253 e. The summed E-state index contributed by atoms with van der Waals surface area (Å²) in [5.74, 6) is -0.114. The number of hydrogen-bond acceptors (Lipinski definition) is 3. The number of halogens is 1. The highest BCUT2D eigenvalue weighted by Crippen LogP contribution is 2.18. The SMILES string of the molecule is NC1CC1NC(=O)c1cncc(Br)c1. The number of nitrogens with zero attached hydrogens (tertiary/aromatic N) is 1. The van der Waals surface area contributed by atoms with Crippen LogP contribution in [0.15, 0.2) is 22.9 Å². The number of aromatic nitrogens is 1.